The van der Waals surface area contributed by atoms with Crippen molar-refractivity contribution in [2.45, 2.75) is 45.1 Å². The summed E-state index contributed by atoms with van der Waals surface area (Å²) in [5, 5.41) is 3.64. The Bertz CT molecular complexity index is 441. The van der Waals surface area contributed by atoms with Crippen LogP contribution >= 0.6 is 11.6 Å². The average molecular weight is 282 g/mol. The van der Waals surface area contributed by atoms with E-state index in [-0.39, 0.29) is 5.28 Å². The average Bonchev–Trinajstić information content (AvgIpc) is 2.37. The van der Waals surface area contributed by atoms with Gasteiger partial charge in [0.15, 0.2) is 0 Å². The molecule has 2 heterocycles. The highest BCUT2D eigenvalue weighted by Crippen LogP contribution is 2.29. The molecule has 1 aliphatic carbocycles. The molecule has 104 valence electrons. The second kappa shape index (κ2) is 5.49. The van der Waals surface area contributed by atoms with Crippen molar-refractivity contribution in [1.82, 2.24) is 15.0 Å². The molecule has 0 bridgehead atoms. The highest BCUT2D eigenvalue weighted by Gasteiger charge is 2.26. The maximum absolute atomic E-state index is 6.01. The minimum absolute atomic E-state index is 0.283. The van der Waals surface area contributed by atoms with E-state index in [0.29, 0.717) is 12.0 Å². The van der Waals surface area contributed by atoms with Crippen molar-refractivity contribution >= 4 is 23.5 Å². The molecule has 1 aromatic rings. The van der Waals surface area contributed by atoms with E-state index in [1.807, 2.05) is 0 Å². The van der Waals surface area contributed by atoms with Gasteiger partial charge >= 0.3 is 0 Å². The Morgan fingerprint density at radius 1 is 1.11 bits per heavy atom. The molecule has 0 aromatic carbocycles. The van der Waals surface area contributed by atoms with Crippen LogP contribution in [0.4, 0.5) is 11.9 Å². The number of hydrogen-bond acceptors (Lipinski definition) is 5. The molecule has 19 heavy (non-hydrogen) atoms. The monoisotopic (exact) mass is 281 g/mol. The van der Waals surface area contributed by atoms with Crippen LogP contribution in [-0.2, 0) is 0 Å². The number of aromatic nitrogens is 3. The van der Waals surface area contributed by atoms with E-state index in [2.05, 4.69) is 32.1 Å². The molecule has 5 nitrogen and oxygen atoms in total. The third-order valence-corrected chi connectivity index (χ3v) is 4.11. The molecule has 1 N–H and O–H groups in total. The molecule has 0 amide bonds. The molecule has 0 unspecified atom stereocenters. The van der Waals surface area contributed by atoms with Crippen LogP contribution < -0.4 is 10.2 Å². The summed E-state index contributed by atoms with van der Waals surface area (Å²) in [6.07, 6.45) is 6.06. The Balaban J connectivity index is 1.71. The highest BCUT2D eigenvalue weighted by atomic mass is 35.5. The number of nitrogens with zero attached hydrogens (tertiary/aromatic N) is 4. The standard InChI is InChI=1S/C13H20ClN5/c1-9-7-10(8-9)15-12-16-11(14)17-13(18-12)19-5-3-2-4-6-19/h9-10H,2-8H2,1H3,(H,15,16,17,18). The van der Waals surface area contributed by atoms with Crippen molar-refractivity contribution in [1.29, 1.82) is 0 Å². The minimum Gasteiger partial charge on any atom is -0.351 e. The third-order valence-electron chi connectivity index (χ3n) is 3.94. The maximum Gasteiger partial charge on any atom is 0.231 e. The number of nitrogens with one attached hydrogen (secondary N) is 1. The number of halogens is 1. The molecule has 2 fully saturated rings. The predicted octanol–water partition coefficient (Wildman–Crippen LogP) is 2.73. The molecule has 2 aliphatic rings. The largest absolute Gasteiger partial charge is 0.351 e. The molecule has 1 aromatic heterocycles. The van der Waals surface area contributed by atoms with Crippen molar-refractivity contribution in [3.63, 3.8) is 0 Å². The molecule has 1 saturated heterocycles. The number of anilines is 2. The van der Waals surface area contributed by atoms with Crippen LogP contribution in [-0.4, -0.2) is 34.1 Å². The van der Waals surface area contributed by atoms with Gasteiger partial charge in [-0.2, -0.15) is 15.0 Å². The van der Waals surface area contributed by atoms with Gasteiger partial charge in [-0.25, -0.2) is 0 Å². The normalized spacial score (nSPS) is 26.9. The van der Waals surface area contributed by atoms with Crippen LogP contribution in [0.2, 0.25) is 5.28 Å². The number of piperidine rings is 1. The lowest BCUT2D eigenvalue weighted by Crippen LogP contribution is -2.35. The molecule has 0 spiro atoms. The fourth-order valence-electron chi connectivity index (χ4n) is 2.84. The molecule has 6 heteroatoms. The first-order valence-corrected chi connectivity index (χ1v) is 7.51. The molecular weight excluding hydrogens is 262 g/mol. The zero-order valence-electron chi connectivity index (χ0n) is 11.3. The molecular formula is C13H20ClN5. The Morgan fingerprint density at radius 2 is 1.84 bits per heavy atom. The summed E-state index contributed by atoms with van der Waals surface area (Å²) in [5.41, 5.74) is 0. The second-order valence-electron chi connectivity index (χ2n) is 5.69. The lowest BCUT2D eigenvalue weighted by molar-refractivity contribution is 0.308. The molecule has 0 atom stereocenters. The second-order valence-corrected chi connectivity index (χ2v) is 6.03. The van der Waals surface area contributed by atoms with Crippen molar-refractivity contribution in [3.8, 4) is 0 Å². The van der Waals surface area contributed by atoms with E-state index in [1.54, 1.807) is 0 Å². The lowest BCUT2D eigenvalue weighted by atomic mass is 9.82. The molecule has 1 saturated carbocycles. The molecule has 1 aliphatic heterocycles. The first-order chi connectivity index (χ1) is 9.20. The van der Waals surface area contributed by atoms with E-state index < -0.39 is 0 Å². The maximum atomic E-state index is 6.01. The quantitative estimate of drug-likeness (QED) is 0.923. The van der Waals surface area contributed by atoms with Gasteiger partial charge in [0.05, 0.1) is 0 Å². The van der Waals surface area contributed by atoms with Crippen molar-refractivity contribution in [2.24, 2.45) is 5.92 Å². The SMILES string of the molecule is CC1CC(Nc2nc(Cl)nc(N3CCCCC3)n2)C1. The minimum atomic E-state index is 0.283. The van der Waals surface area contributed by atoms with Gasteiger partial charge in [-0.3, -0.25) is 0 Å². The third kappa shape index (κ3) is 3.08. The zero-order chi connectivity index (χ0) is 13.2. The van der Waals surface area contributed by atoms with Gasteiger partial charge < -0.3 is 10.2 Å². The van der Waals surface area contributed by atoms with Crippen LogP contribution in [0.1, 0.15) is 39.0 Å². The van der Waals surface area contributed by atoms with Gasteiger partial charge in [0, 0.05) is 19.1 Å². The van der Waals surface area contributed by atoms with Gasteiger partial charge in [-0.15, -0.1) is 0 Å². The van der Waals surface area contributed by atoms with Crippen molar-refractivity contribution < 1.29 is 0 Å². The van der Waals surface area contributed by atoms with E-state index in [4.69, 9.17) is 11.6 Å². The number of hydrogen-bond donors (Lipinski definition) is 1. The smallest absolute Gasteiger partial charge is 0.231 e. The van der Waals surface area contributed by atoms with Gasteiger partial charge in [0.25, 0.3) is 0 Å². The van der Waals surface area contributed by atoms with E-state index >= 15 is 0 Å². The Labute approximate surface area is 118 Å². The summed E-state index contributed by atoms with van der Waals surface area (Å²) < 4.78 is 0. The summed E-state index contributed by atoms with van der Waals surface area (Å²) in [7, 11) is 0. The first-order valence-electron chi connectivity index (χ1n) is 7.14. The summed E-state index contributed by atoms with van der Waals surface area (Å²) in [4.78, 5) is 15.1. The fourth-order valence-corrected chi connectivity index (χ4v) is 3.00. The van der Waals surface area contributed by atoms with Crippen molar-refractivity contribution in [3.05, 3.63) is 5.28 Å². The molecule has 3 rings (SSSR count). The summed E-state index contributed by atoms with van der Waals surface area (Å²) in [6, 6.07) is 0.489. The van der Waals surface area contributed by atoms with Crippen LogP contribution in [0.25, 0.3) is 0 Å². The van der Waals surface area contributed by atoms with E-state index in [9.17, 15) is 0 Å². The fraction of sp³-hybridized carbons (Fsp3) is 0.769. The van der Waals surface area contributed by atoms with Crippen LogP contribution in [0.5, 0.6) is 0 Å². The van der Waals surface area contributed by atoms with Crippen LogP contribution in [0.3, 0.4) is 0 Å². The van der Waals surface area contributed by atoms with Gasteiger partial charge in [0.1, 0.15) is 0 Å². The van der Waals surface area contributed by atoms with Gasteiger partial charge in [0.2, 0.25) is 17.2 Å². The summed E-state index contributed by atoms with van der Waals surface area (Å²) in [6.45, 7) is 4.29. The Hall–Kier alpha value is -1.10. The topological polar surface area (TPSA) is 53.9 Å². The predicted molar refractivity (Wildman–Crippen MR) is 76.7 cm³/mol. The van der Waals surface area contributed by atoms with Crippen molar-refractivity contribution in [2.75, 3.05) is 23.3 Å². The van der Waals surface area contributed by atoms with E-state index in [1.165, 1.54) is 32.1 Å². The van der Waals surface area contributed by atoms with Crippen LogP contribution in [0, 0.1) is 5.92 Å². The van der Waals surface area contributed by atoms with Gasteiger partial charge in [-0.05, 0) is 49.6 Å². The van der Waals surface area contributed by atoms with Gasteiger partial charge in [-0.1, -0.05) is 6.92 Å². The highest BCUT2D eigenvalue weighted by molar-refractivity contribution is 6.28. The molecule has 0 radical (unpaired) electrons. The summed E-state index contributed by atoms with van der Waals surface area (Å²) in [5.74, 6) is 2.14. The summed E-state index contributed by atoms with van der Waals surface area (Å²) >= 11 is 6.01. The lowest BCUT2D eigenvalue weighted by Gasteiger charge is -2.33. The Morgan fingerprint density at radius 3 is 2.53 bits per heavy atom. The Kier molecular flexibility index (Phi) is 3.73. The van der Waals surface area contributed by atoms with Crippen LogP contribution in [0.15, 0.2) is 0 Å². The first kappa shape index (κ1) is 12.9. The number of rotatable bonds is 3. The zero-order valence-corrected chi connectivity index (χ0v) is 12.0. The van der Waals surface area contributed by atoms with E-state index in [0.717, 1.165) is 25.0 Å².